The molecule has 6 heteroatoms. The Morgan fingerprint density at radius 2 is 1.17 bits per heavy atom. The van der Waals surface area contributed by atoms with E-state index in [1.807, 2.05) is 28.2 Å². The number of hydrogen-bond donors (Lipinski definition) is 0. The molecule has 0 bridgehead atoms. The number of hydrogen-bond acceptors (Lipinski definition) is 3. The summed E-state index contributed by atoms with van der Waals surface area (Å²) in [6.07, 6.45) is 0. The molecule has 0 radical (unpaired) electrons. The molecular formula is C6H18N4OSi. The van der Waals surface area contributed by atoms with E-state index in [9.17, 15) is 4.46 Å². The van der Waals surface area contributed by atoms with Crippen molar-refractivity contribution >= 4 is 9.01 Å². The minimum Gasteiger partial charge on any atom is -0.365 e. The van der Waals surface area contributed by atoms with Gasteiger partial charge in [0.25, 0.3) is 0 Å². The first kappa shape index (κ1) is 11.5. The van der Waals surface area contributed by atoms with E-state index in [0.717, 1.165) is 0 Å². The molecule has 12 heavy (non-hydrogen) atoms. The van der Waals surface area contributed by atoms with Crippen LogP contribution in [0.25, 0.3) is 0 Å². The Morgan fingerprint density at radius 1 is 0.833 bits per heavy atom. The van der Waals surface area contributed by atoms with Gasteiger partial charge in [-0.25, -0.2) is 14.8 Å². The highest BCUT2D eigenvalue weighted by Gasteiger charge is 2.23. The van der Waals surface area contributed by atoms with Crippen molar-refractivity contribution in [2.24, 2.45) is 0 Å². The first-order chi connectivity index (χ1) is 5.37. The van der Waals surface area contributed by atoms with Gasteiger partial charge >= 0.3 is 9.01 Å². The van der Waals surface area contributed by atoms with E-state index in [2.05, 4.69) is 0 Å². The lowest BCUT2D eigenvalue weighted by molar-refractivity contribution is -0.0646. The third kappa shape index (κ3) is 2.88. The van der Waals surface area contributed by atoms with Crippen LogP contribution in [0, 0.1) is 0 Å². The van der Waals surface area contributed by atoms with E-state index in [0.29, 0.717) is 0 Å². The summed E-state index contributed by atoms with van der Waals surface area (Å²) in [5.41, 5.74) is 0. The molecule has 0 aliphatic rings. The van der Waals surface area contributed by atoms with Gasteiger partial charge in [-0.3, -0.25) is 0 Å². The fourth-order valence-corrected chi connectivity index (χ4v) is 1.92. The highest BCUT2D eigenvalue weighted by atomic mass is 28.3. The van der Waals surface area contributed by atoms with Crippen LogP contribution in [-0.4, -0.2) is 70.7 Å². The second-order valence-corrected chi connectivity index (χ2v) is 5.02. The summed E-state index contributed by atoms with van der Waals surface area (Å²) < 4.78 is 13.4. The van der Waals surface area contributed by atoms with Gasteiger partial charge in [-0.2, -0.15) is 0 Å². The van der Waals surface area contributed by atoms with Crippen molar-refractivity contribution in [3.8, 4) is 0 Å². The summed E-state index contributed by atoms with van der Waals surface area (Å²) in [7, 11) is 9.21. The van der Waals surface area contributed by atoms with Crippen LogP contribution in [0.5, 0.6) is 0 Å². The third-order valence-electron chi connectivity index (χ3n) is 1.31. The van der Waals surface area contributed by atoms with E-state index in [1.165, 1.54) is 0 Å². The first-order valence-corrected chi connectivity index (χ1v) is 5.04. The highest BCUT2D eigenvalue weighted by Crippen LogP contribution is 1.95. The van der Waals surface area contributed by atoms with Crippen molar-refractivity contribution in [2.75, 3.05) is 42.3 Å². The summed E-state index contributed by atoms with van der Waals surface area (Å²) in [4.78, 5) is 1.71. The van der Waals surface area contributed by atoms with Crippen molar-refractivity contribution in [1.82, 2.24) is 19.4 Å². The van der Waals surface area contributed by atoms with Crippen LogP contribution in [0.2, 0.25) is 0 Å². The van der Waals surface area contributed by atoms with Crippen LogP contribution < -0.4 is 0 Å². The van der Waals surface area contributed by atoms with Crippen LogP contribution in [0.4, 0.5) is 0 Å². The molecule has 0 N–H and O–H groups in total. The van der Waals surface area contributed by atoms with Crippen molar-refractivity contribution < 1.29 is 4.46 Å². The Balaban J connectivity index is 4.41. The summed E-state index contributed by atoms with van der Waals surface area (Å²) in [5, 5.41) is 3.61. The van der Waals surface area contributed by atoms with Gasteiger partial charge in [0.15, 0.2) is 0 Å². The average molecular weight is 190 g/mol. The van der Waals surface area contributed by atoms with Gasteiger partial charge in [0.05, 0.1) is 0 Å². The average Bonchev–Trinajstić information content (AvgIpc) is 1.85. The molecule has 0 aromatic heterocycles. The lowest BCUT2D eigenvalue weighted by Crippen LogP contribution is -2.56. The smallest absolute Gasteiger partial charge is 0.365 e. The van der Waals surface area contributed by atoms with E-state index < -0.39 is 9.01 Å². The molecule has 0 heterocycles. The van der Waals surface area contributed by atoms with E-state index in [4.69, 9.17) is 0 Å². The van der Waals surface area contributed by atoms with Crippen LogP contribution in [0.3, 0.4) is 0 Å². The maximum atomic E-state index is 11.7. The van der Waals surface area contributed by atoms with Crippen LogP contribution in [0.15, 0.2) is 0 Å². The minimum absolute atomic E-state index is 1.71. The lowest BCUT2D eigenvalue weighted by Gasteiger charge is -2.35. The van der Waals surface area contributed by atoms with Crippen molar-refractivity contribution in [3.63, 3.8) is 0 Å². The van der Waals surface area contributed by atoms with E-state index in [-0.39, 0.29) is 0 Å². The molecule has 0 aromatic carbocycles. The SMILES string of the molecule is CN(C)N(N(C)C)[Si](=O)N(C)C. The summed E-state index contributed by atoms with van der Waals surface area (Å²) in [6.45, 7) is 0. The van der Waals surface area contributed by atoms with Gasteiger partial charge in [0.2, 0.25) is 0 Å². The number of rotatable bonds is 4. The molecule has 0 amide bonds. The molecule has 0 atom stereocenters. The van der Waals surface area contributed by atoms with Gasteiger partial charge in [0, 0.05) is 42.3 Å². The number of hydrazine groups is 2. The number of nitrogens with zero attached hydrogens (tertiary/aromatic N) is 4. The largest absolute Gasteiger partial charge is 0.551 e. The second kappa shape index (κ2) is 4.54. The molecule has 72 valence electrons. The van der Waals surface area contributed by atoms with Crippen LogP contribution >= 0.6 is 0 Å². The Bertz CT molecular complexity index is 152. The topological polar surface area (TPSA) is 30.0 Å². The molecule has 0 fully saturated rings. The summed E-state index contributed by atoms with van der Waals surface area (Å²) in [5.74, 6) is 0. The minimum atomic E-state index is -1.88. The maximum Gasteiger partial charge on any atom is 0.551 e. The van der Waals surface area contributed by atoms with Gasteiger partial charge in [-0.05, 0) is 0 Å². The molecule has 0 aliphatic carbocycles. The predicted octanol–water partition coefficient (Wildman–Crippen LogP) is -0.781. The fourth-order valence-electron chi connectivity index (χ4n) is 0.879. The lowest BCUT2D eigenvalue weighted by atomic mass is 11.1. The normalized spacial score (nSPS) is 10.7. The van der Waals surface area contributed by atoms with Crippen LogP contribution in [0.1, 0.15) is 0 Å². The fraction of sp³-hybridized carbons (Fsp3) is 1.00. The Morgan fingerprint density at radius 3 is 1.25 bits per heavy atom. The van der Waals surface area contributed by atoms with Crippen molar-refractivity contribution in [2.45, 2.75) is 0 Å². The molecule has 0 aromatic rings. The quantitative estimate of drug-likeness (QED) is 0.428. The Kier molecular flexibility index (Phi) is 4.36. The maximum absolute atomic E-state index is 11.7. The summed E-state index contributed by atoms with van der Waals surface area (Å²) >= 11 is 0. The molecular weight excluding hydrogens is 172 g/mol. The highest BCUT2D eigenvalue weighted by molar-refractivity contribution is 6.35. The van der Waals surface area contributed by atoms with Crippen LogP contribution in [-0.2, 0) is 4.46 Å². The monoisotopic (exact) mass is 190 g/mol. The van der Waals surface area contributed by atoms with Crippen molar-refractivity contribution in [3.05, 3.63) is 0 Å². The van der Waals surface area contributed by atoms with Gasteiger partial charge in [0.1, 0.15) is 0 Å². The molecule has 5 nitrogen and oxygen atoms in total. The zero-order valence-corrected chi connectivity index (χ0v) is 9.70. The molecule has 0 saturated heterocycles. The van der Waals surface area contributed by atoms with Crippen molar-refractivity contribution in [1.29, 1.82) is 0 Å². The molecule has 0 spiro atoms. The molecule has 0 unspecified atom stereocenters. The Hall–Kier alpha value is -0.463. The van der Waals surface area contributed by atoms with Gasteiger partial charge in [-0.15, -0.1) is 0 Å². The zero-order chi connectivity index (χ0) is 9.89. The van der Waals surface area contributed by atoms with E-state index in [1.54, 1.807) is 33.5 Å². The zero-order valence-electron chi connectivity index (χ0n) is 8.70. The second-order valence-electron chi connectivity index (χ2n) is 3.16. The third-order valence-corrected chi connectivity index (χ3v) is 3.22. The molecule has 0 saturated carbocycles. The first-order valence-electron chi connectivity index (χ1n) is 3.73. The predicted molar refractivity (Wildman–Crippen MR) is 49.3 cm³/mol. The van der Waals surface area contributed by atoms with Gasteiger partial charge in [-0.1, -0.05) is 0 Å². The standard InChI is InChI=1S/C6H18N4OSi/c1-7(2)10(8(3)4)12(11)9(5)6/h1-6H3. The summed E-state index contributed by atoms with van der Waals surface area (Å²) in [6, 6.07) is 0. The molecule has 0 aliphatic heterocycles. The van der Waals surface area contributed by atoms with Gasteiger partial charge < -0.3 is 9.03 Å². The van der Waals surface area contributed by atoms with E-state index >= 15 is 0 Å². The molecule has 0 rings (SSSR count). The Labute approximate surface area is 75.9 Å².